The summed E-state index contributed by atoms with van der Waals surface area (Å²) in [6.07, 6.45) is 1.92. The predicted octanol–water partition coefficient (Wildman–Crippen LogP) is 6.30. The Morgan fingerprint density at radius 2 is 1.70 bits per heavy atom. The topological polar surface area (TPSA) is 32.3 Å². The van der Waals surface area contributed by atoms with Gasteiger partial charge in [0.1, 0.15) is 5.60 Å². The number of hydrogen-bond acceptors (Lipinski definition) is 3. The monoisotopic (exact) mass is 443 g/mol. The van der Waals surface area contributed by atoms with Crippen LogP contribution in [0.25, 0.3) is 0 Å². The van der Waals surface area contributed by atoms with E-state index in [0.717, 1.165) is 29.7 Å². The van der Waals surface area contributed by atoms with Crippen LogP contribution >= 0.6 is 46.6 Å². The average Bonchev–Trinajstić information content (AvgIpc) is 3.41. The Labute approximate surface area is 180 Å². The van der Waals surface area contributed by atoms with Gasteiger partial charge in [0.15, 0.2) is 0 Å². The van der Waals surface area contributed by atoms with E-state index in [0.29, 0.717) is 21.6 Å². The first-order chi connectivity index (χ1) is 12.8. The Morgan fingerprint density at radius 1 is 1.07 bits per heavy atom. The third kappa shape index (κ3) is 4.77. The Bertz CT molecular complexity index is 793. The van der Waals surface area contributed by atoms with Gasteiger partial charge in [-0.25, -0.2) is 0 Å². The highest BCUT2D eigenvalue weighted by Gasteiger charge is 2.59. The van der Waals surface area contributed by atoms with Crippen LogP contribution in [-0.4, -0.2) is 22.4 Å². The van der Waals surface area contributed by atoms with Gasteiger partial charge in [-0.3, -0.25) is 0 Å². The third-order valence-corrected chi connectivity index (χ3v) is 7.66. The number of rotatable bonds is 8. The van der Waals surface area contributed by atoms with Crippen molar-refractivity contribution in [2.24, 2.45) is 0 Å². The van der Waals surface area contributed by atoms with Gasteiger partial charge >= 0.3 is 0 Å². The number of benzene rings is 2. The molecule has 0 spiro atoms. The maximum atomic E-state index is 11.8. The SMILES string of the molecule is CC(C)NCC(O)(c1ccc(Cl)cc1)C1(SCc2ccc(Cl)cc2Cl)CC1. The van der Waals surface area contributed by atoms with Crippen LogP contribution in [0.1, 0.15) is 37.8 Å². The average molecular weight is 445 g/mol. The fourth-order valence-corrected chi connectivity index (χ4v) is 5.43. The second-order valence-electron chi connectivity index (χ2n) is 7.42. The van der Waals surface area contributed by atoms with E-state index in [1.165, 1.54) is 0 Å². The zero-order valence-corrected chi connectivity index (χ0v) is 18.5. The summed E-state index contributed by atoms with van der Waals surface area (Å²) >= 11 is 20.2. The van der Waals surface area contributed by atoms with Gasteiger partial charge in [0.2, 0.25) is 0 Å². The van der Waals surface area contributed by atoms with Gasteiger partial charge in [-0.2, -0.15) is 0 Å². The molecule has 0 radical (unpaired) electrons. The summed E-state index contributed by atoms with van der Waals surface area (Å²) in [4.78, 5) is 0. The van der Waals surface area contributed by atoms with E-state index in [-0.39, 0.29) is 10.8 Å². The van der Waals surface area contributed by atoms with E-state index in [9.17, 15) is 5.11 Å². The fraction of sp³-hybridized carbons (Fsp3) is 0.429. The van der Waals surface area contributed by atoms with Crippen molar-refractivity contribution >= 4 is 46.6 Å². The van der Waals surface area contributed by atoms with Gasteiger partial charge in [0, 0.05) is 33.4 Å². The molecule has 146 valence electrons. The van der Waals surface area contributed by atoms with Gasteiger partial charge in [-0.05, 0) is 48.2 Å². The number of nitrogens with one attached hydrogen (secondary N) is 1. The first-order valence-corrected chi connectivity index (χ1v) is 11.2. The van der Waals surface area contributed by atoms with E-state index in [2.05, 4.69) is 19.2 Å². The van der Waals surface area contributed by atoms with Crippen molar-refractivity contribution < 1.29 is 5.11 Å². The molecular formula is C21H24Cl3NOS. The molecule has 1 fully saturated rings. The lowest BCUT2D eigenvalue weighted by Gasteiger charge is -2.38. The Balaban J connectivity index is 1.85. The standard InChI is InChI=1S/C21H24Cl3NOS/c1-14(2)25-13-21(26,16-4-7-17(22)8-5-16)20(9-10-20)27-12-15-3-6-18(23)11-19(15)24/h3-8,11,14,25-26H,9-10,12-13H2,1-2H3. The fourth-order valence-electron chi connectivity index (χ4n) is 3.25. The van der Waals surface area contributed by atoms with Crippen molar-refractivity contribution in [3.8, 4) is 0 Å². The minimum Gasteiger partial charge on any atom is -0.382 e. The largest absolute Gasteiger partial charge is 0.382 e. The molecule has 0 saturated heterocycles. The van der Waals surface area contributed by atoms with Crippen LogP contribution in [0.3, 0.4) is 0 Å². The summed E-state index contributed by atoms with van der Waals surface area (Å²) < 4.78 is -0.244. The maximum Gasteiger partial charge on any atom is 0.117 e. The summed E-state index contributed by atoms with van der Waals surface area (Å²) in [6, 6.07) is 13.4. The van der Waals surface area contributed by atoms with Gasteiger partial charge in [0.05, 0.1) is 4.75 Å². The second-order valence-corrected chi connectivity index (χ2v) is 10.1. The Hall–Kier alpha value is -0.420. The molecule has 2 N–H and O–H groups in total. The molecule has 3 rings (SSSR count). The molecule has 0 aliphatic heterocycles. The van der Waals surface area contributed by atoms with E-state index in [1.807, 2.05) is 36.4 Å². The molecule has 6 heteroatoms. The second kappa shape index (κ2) is 8.52. The Kier molecular flexibility index (Phi) is 6.72. The van der Waals surface area contributed by atoms with E-state index >= 15 is 0 Å². The van der Waals surface area contributed by atoms with E-state index in [4.69, 9.17) is 34.8 Å². The van der Waals surface area contributed by atoms with Crippen molar-refractivity contribution in [2.45, 2.75) is 48.8 Å². The van der Waals surface area contributed by atoms with Crippen LogP contribution in [0, 0.1) is 0 Å². The minimum absolute atomic E-state index is 0.244. The quantitative estimate of drug-likeness (QED) is 0.501. The van der Waals surface area contributed by atoms with Crippen molar-refractivity contribution in [1.29, 1.82) is 0 Å². The van der Waals surface area contributed by atoms with Crippen molar-refractivity contribution in [3.63, 3.8) is 0 Å². The van der Waals surface area contributed by atoms with Crippen LogP contribution in [0.5, 0.6) is 0 Å². The van der Waals surface area contributed by atoms with Crippen LogP contribution in [-0.2, 0) is 11.4 Å². The van der Waals surface area contributed by atoms with Gasteiger partial charge < -0.3 is 10.4 Å². The molecule has 27 heavy (non-hydrogen) atoms. The zero-order chi connectivity index (χ0) is 19.7. The van der Waals surface area contributed by atoms with Crippen molar-refractivity contribution in [3.05, 3.63) is 68.7 Å². The summed E-state index contributed by atoms with van der Waals surface area (Å²) in [7, 11) is 0. The number of hydrogen-bond donors (Lipinski definition) is 2. The number of halogens is 3. The van der Waals surface area contributed by atoms with Gasteiger partial charge in [-0.1, -0.05) is 66.8 Å². The lowest BCUT2D eigenvalue weighted by Crippen LogP contribution is -2.49. The van der Waals surface area contributed by atoms with Crippen LogP contribution in [0.2, 0.25) is 15.1 Å². The summed E-state index contributed by atoms with van der Waals surface area (Å²) in [5, 5.41) is 17.2. The van der Waals surface area contributed by atoms with Gasteiger partial charge in [0.25, 0.3) is 0 Å². The molecule has 0 bridgehead atoms. The number of thioether (sulfide) groups is 1. The molecule has 1 aliphatic rings. The van der Waals surface area contributed by atoms with Crippen LogP contribution in [0.4, 0.5) is 0 Å². The van der Waals surface area contributed by atoms with Crippen molar-refractivity contribution in [2.75, 3.05) is 6.54 Å². The van der Waals surface area contributed by atoms with E-state index < -0.39 is 5.60 Å². The molecule has 0 heterocycles. The van der Waals surface area contributed by atoms with Gasteiger partial charge in [-0.15, -0.1) is 11.8 Å². The molecule has 1 aliphatic carbocycles. The Morgan fingerprint density at radius 3 is 2.26 bits per heavy atom. The molecule has 0 amide bonds. The first-order valence-electron chi connectivity index (χ1n) is 9.05. The summed E-state index contributed by atoms with van der Waals surface area (Å²) in [6.45, 7) is 4.67. The zero-order valence-electron chi connectivity index (χ0n) is 15.4. The van der Waals surface area contributed by atoms with Crippen molar-refractivity contribution in [1.82, 2.24) is 5.32 Å². The minimum atomic E-state index is -0.981. The third-order valence-electron chi connectivity index (χ3n) is 5.06. The molecule has 1 unspecified atom stereocenters. The smallest absolute Gasteiger partial charge is 0.117 e. The molecule has 2 nitrogen and oxygen atoms in total. The summed E-state index contributed by atoms with van der Waals surface area (Å²) in [5.41, 5.74) is 0.950. The molecule has 0 aromatic heterocycles. The predicted molar refractivity (Wildman–Crippen MR) is 118 cm³/mol. The number of aliphatic hydroxyl groups is 1. The summed E-state index contributed by atoms with van der Waals surface area (Å²) in [5.74, 6) is 0.730. The van der Waals surface area contributed by atoms with E-state index in [1.54, 1.807) is 17.8 Å². The maximum absolute atomic E-state index is 11.8. The lowest BCUT2D eigenvalue weighted by molar-refractivity contribution is 0.0246. The highest BCUT2D eigenvalue weighted by Crippen LogP contribution is 2.60. The molecule has 2 aromatic carbocycles. The lowest BCUT2D eigenvalue weighted by atomic mass is 9.87. The highest BCUT2D eigenvalue weighted by molar-refractivity contribution is 8.00. The molecule has 2 aromatic rings. The molecular weight excluding hydrogens is 421 g/mol. The normalized spacial score (nSPS) is 17.7. The molecule has 1 atom stereocenters. The highest BCUT2D eigenvalue weighted by atomic mass is 35.5. The first kappa shape index (κ1) is 21.3. The molecule has 1 saturated carbocycles. The van der Waals surface area contributed by atoms with Crippen LogP contribution < -0.4 is 5.32 Å². The van der Waals surface area contributed by atoms with Crippen LogP contribution in [0.15, 0.2) is 42.5 Å².